The van der Waals surface area contributed by atoms with Crippen molar-refractivity contribution in [3.8, 4) is 0 Å². The summed E-state index contributed by atoms with van der Waals surface area (Å²) in [6.07, 6.45) is 2.27. The second-order valence-corrected chi connectivity index (χ2v) is 7.73. The Morgan fingerprint density at radius 2 is 1.89 bits per heavy atom. The molecule has 0 aliphatic carbocycles. The number of guanidine groups is 1. The van der Waals surface area contributed by atoms with E-state index >= 15 is 0 Å². The Hall–Kier alpha value is -1.32. The van der Waals surface area contributed by atoms with E-state index in [0.29, 0.717) is 19.2 Å². The molecule has 0 unspecified atom stereocenters. The number of nitrogens with zero attached hydrogens (tertiary/aromatic N) is 2. The molecule has 1 aromatic carbocycles. The van der Waals surface area contributed by atoms with Gasteiger partial charge in [-0.15, -0.1) is 35.3 Å². The van der Waals surface area contributed by atoms with E-state index in [9.17, 15) is 0 Å². The van der Waals surface area contributed by atoms with Gasteiger partial charge in [0.2, 0.25) is 0 Å². The molecule has 0 bridgehead atoms. The molecule has 28 heavy (non-hydrogen) atoms. The summed E-state index contributed by atoms with van der Waals surface area (Å²) in [6.45, 7) is 6.49. The van der Waals surface area contributed by atoms with Crippen molar-refractivity contribution >= 4 is 46.3 Å². The predicted octanol–water partition coefficient (Wildman–Crippen LogP) is 4.24. The number of anilines is 1. The molecule has 3 rings (SSSR count). The summed E-state index contributed by atoms with van der Waals surface area (Å²) in [6, 6.07) is 13.3. The smallest absolute Gasteiger partial charge is 0.191 e. The molecule has 0 amide bonds. The van der Waals surface area contributed by atoms with Crippen molar-refractivity contribution in [3.05, 3.63) is 52.9 Å². The van der Waals surface area contributed by atoms with Crippen LogP contribution in [0, 0.1) is 0 Å². The minimum absolute atomic E-state index is 0. The number of aliphatic imine (C=N–C) groups is 1. The average molecular weight is 514 g/mol. The highest BCUT2D eigenvalue weighted by Gasteiger charge is 2.20. The molecule has 0 radical (unpaired) electrons. The Kier molecular flexibility index (Phi) is 10.1. The number of ether oxygens (including phenoxy) is 1. The average Bonchev–Trinajstić information content (AvgIpc) is 3.23. The van der Waals surface area contributed by atoms with Gasteiger partial charge in [-0.25, -0.2) is 4.99 Å². The van der Waals surface area contributed by atoms with Crippen LogP contribution in [-0.2, 0) is 17.9 Å². The van der Waals surface area contributed by atoms with Crippen LogP contribution >= 0.6 is 35.3 Å². The van der Waals surface area contributed by atoms with E-state index in [1.165, 1.54) is 16.1 Å². The van der Waals surface area contributed by atoms with Crippen LogP contribution in [0.3, 0.4) is 0 Å². The van der Waals surface area contributed by atoms with Crippen molar-refractivity contribution in [2.45, 2.75) is 39.0 Å². The molecule has 154 valence electrons. The molecule has 2 heterocycles. The maximum absolute atomic E-state index is 5.16. The first-order valence-corrected chi connectivity index (χ1v) is 10.6. The summed E-state index contributed by atoms with van der Waals surface area (Å²) in [7, 11) is 1.72. The monoisotopic (exact) mass is 514 g/mol. The zero-order valence-electron chi connectivity index (χ0n) is 16.7. The van der Waals surface area contributed by atoms with Crippen molar-refractivity contribution in [2.75, 3.05) is 31.6 Å². The molecule has 1 fully saturated rings. The highest BCUT2D eigenvalue weighted by atomic mass is 127. The lowest BCUT2D eigenvalue weighted by Gasteiger charge is -2.33. The van der Waals surface area contributed by atoms with Crippen LogP contribution in [0.15, 0.2) is 46.8 Å². The third kappa shape index (κ3) is 6.93. The Labute approximate surface area is 189 Å². The van der Waals surface area contributed by atoms with Gasteiger partial charge in [-0.05, 0) is 48.4 Å². The Morgan fingerprint density at radius 3 is 2.50 bits per heavy atom. The van der Waals surface area contributed by atoms with Gasteiger partial charge in [0.05, 0.1) is 18.2 Å². The molecule has 0 saturated carbocycles. The number of benzene rings is 1. The number of thiophene rings is 1. The minimum atomic E-state index is 0. The molecular formula is C21H31IN4OS. The lowest BCUT2D eigenvalue weighted by molar-refractivity contribution is 0.185. The highest BCUT2D eigenvalue weighted by molar-refractivity contribution is 14.0. The van der Waals surface area contributed by atoms with Gasteiger partial charge < -0.3 is 20.3 Å². The fourth-order valence-corrected chi connectivity index (χ4v) is 4.07. The topological polar surface area (TPSA) is 48.9 Å². The van der Waals surface area contributed by atoms with E-state index in [0.717, 1.165) is 38.4 Å². The highest BCUT2D eigenvalue weighted by Crippen LogP contribution is 2.24. The van der Waals surface area contributed by atoms with Crippen molar-refractivity contribution in [1.82, 2.24) is 10.6 Å². The van der Waals surface area contributed by atoms with Gasteiger partial charge >= 0.3 is 0 Å². The number of rotatable bonds is 7. The molecule has 5 nitrogen and oxygen atoms in total. The van der Waals surface area contributed by atoms with E-state index in [1.807, 2.05) is 11.3 Å². The number of hydrogen-bond acceptors (Lipinski definition) is 4. The summed E-state index contributed by atoms with van der Waals surface area (Å²) in [4.78, 5) is 7.25. The zero-order chi connectivity index (χ0) is 18.9. The van der Waals surface area contributed by atoms with Gasteiger partial charge in [0, 0.05) is 32.8 Å². The normalized spacial score (nSPS) is 15.2. The maximum atomic E-state index is 5.16. The molecular weight excluding hydrogens is 483 g/mol. The summed E-state index contributed by atoms with van der Waals surface area (Å²) < 4.78 is 5.16. The second-order valence-electron chi connectivity index (χ2n) is 6.80. The number of halogens is 1. The van der Waals surface area contributed by atoms with E-state index in [2.05, 4.69) is 64.2 Å². The molecule has 7 heteroatoms. The van der Waals surface area contributed by atoms with E-state index in [1.54, 1.807) is 7.11 Å². The molecule has 1 aromatic heterocycles. The van der Waals surface area contributed by atoms with Crippen LogP contribution in [0.5, 0.6) is 0 Å². The van der Waals surface area contributed by atoms with Gasteiger partial charge in [0.1, 0.15) is 0 Å². The molecule has 2 N–H and O–H groups in total. The van der Waals surface area contributed by atoms with Crippen LogP contribution in [0.25, 0.3) is 0 Å². The van der Waals surface area contributed by atoms with Gasteiger partial charge in [-0.2, -0.15) is 0 Å². The van der Waals surface area contributed by atoms with Crippen molar-refractivity contribution in [2.24, 2.45) is 4.99 Å². The van der Waals surface area contributed by atoms with E-state index in [-0.39, 0.29) is 24.0 Å². The number of nitrogens with one attached hydrogen (secondary N) is 2. The first kappa shape index (κ1) is 23.0. The lowest BCUT2D eigenvalue weighted by Crippen LogP contribution is -2.48. The van der Waals surface area contributed by atoms with Crippen molar-refractivity contribution in [3.63, 3.8) is 0 Å². The third-order valence-corrected chi connectivity index (χ3v) is 5.68. The Bertz CT molecular complexity index is 698. The third-order valence-electron chi connectivity index (χ3n) is 4.75. The molecule has 0 atom stereocenters. The van der Waals surface area contributed by atoms with Gasteiger partial charge in [0.25, 0.3) is 0 Å². The Balaban J connectivity index is 0.00000280. The van der Waals surface area contributed by atoms with Crippen LogP contribution in [-0.4, -0.2) is 38.7 Å². The fraction of sp³-hybridized carbons (Fsp3) is 0.476. The van der Waals surface area contributed by atoms with Crippen LogP contribution in [0.1, 0.15) is 30.9 Å². The number of methoxy groups -OCH3 is 1. The van der Waals surface area contributed by atoms with Gasteiger partial charge in [0.15, 0.2) is 5.96 Å². The standard InChI is InChI=1S/C21H30N4OS.HI/c1-3-22-21(23-15-17-6-8-18(9-7-17)16-26-2)24-19-10-12-25(13-11-19)20-5-4-14-27-20;/h4-9,14,19H,3,10-13,15-16H2,1-2H3,(H2,22,23,24);1H. The molecule has 1 aliphatic rings. The number of hydrogen-bond donors (Lipinski definition) is 2. The van der Waals surface area contributed by atoms with Gasteiger partial charge in [-0.3, -0.25) is 0 Å². The maximum Gasteiger partial charge on any atom is 0.191 e. The summed E-state index contributed by atoms with van der Waals surface area (Å²) in [5.41, 5.74) is 2.40. The fourth-order valence-electron chi connectivity index (χ4n) is 3.29. The van der Waals surface area contributed by atoms with Crippen LogP contribution < -0.4 is 15.5 Å². The number of piperidine rings is 1. The van der Waals surface area contributed by atoms with E-state index in [4.69, 9.17) is 9.73 Å². The summed E-state index contributed by atoms with van der Waals surface area (Å²) in [5.74, 6) is 0.910. The summed E-state index contributed by atoms with van der Waals surface area (Å²) in [5, 5.41) is 10.5. The Morgan fingerprint density at radius 1 is 1.18 bits per heavy atom. The zero-order valence-corrected chi connectivity index (χ0v) is 19.8. The first-order chi connectivity index (χ1) is 13.3. The van der Waals surface area contributed by atoms with Crippen molar-refractivity contribution < 1.29 is 4.74 Å². The van der Waals surface area contributed by atoms with Crippen molar-refractivity contribution in [1.29, 1.82) is 0 Å². The first-order valence-electron chi connectivity index (χ1n) is 9.68. The SMILES string of the molecule is CCNC(=NCc1ccc(COC)cc1)NC1CCN(c2cccs2)CC1.I. The molecule has 2 aromatic rings. The predicted molar refractivity (Wildman–Crippen MR) is 130 cm³/mol. The second kappa shape index (κ2) is 12.3. The molecule has 1 aliphatic heterocycles. The minimum Gasteiger partial charge on any atom is -0.380 e. The largest absolute Gasteiger partial charge is 0.380 e. The summed E-state index contributed by atoms with van der Waals surface area (Å²) >= 11 is 1.82. The van der Waals surface area contributed by atoms with E-state index < -0.39 is 0 Å². The quantitative estimate of drug-likeness (QED) is 0.330. The van der Waals surface area contributed by atoms with Crippen LogP contribution in [0.4, 0.5) is 5.00 Å². The van der Waals surface area contributed by atoms with Gasteiger partial charge in [-0.1, -0.05) is 24.3 Å². The molecule has 1 saturated heterocycles. The van der Waals surface area contributed by atoms with Crippen LogP contribution in [0.2, 0.25) is 0 Å². The molecule has 0 spiro atoms. The lowest BCUT2D eigenvalue weighted by atomic mass is 10.1.